The predicted octanol–water partition coefficient (Wildman–Crippen LogP) is 11.9. The van der Waals surface area contributed by atoms with Crippen LogP contribution in [-0.4, -0.2) is 9.13 Å². The first kappa shape index (κ1) is 31.2. The minimum absolute atomic E-state index is 0.000193. The van der Waals surface area contributed by atoms with Gasteiger partial charge in [-0.05, 0) is 100 Å². The fourth-order valence-electron chi connectivity index (χ4n) is 7.42. The number of rotatable bonds is 3. The van der Waals surface area contributed by atoms with Crippen LogP contribution in [0.2, 0.25) is 0 Å². The molecular weight excluding hydrogens is 609 g/mol. The zero-order valence-electron chi connectivity index (χ0n) is 29.3. The first-order chi connectivity index (χ1) is 24.0. The minimum atomic E-state index is -0.000193. The average molecular weight is 647 g/mol. The number of benzene rings is 6. The van der Waals surface area contributed by atoms with Crippen molar-refractivity contribution >= 4 is 43.6 Å². The van der Waals surface area contributed by atoms with Crippen LogP contribution in [0.3, 0.4) is 0 Å². The fourth-order valence-corrected chi connectivity index (χ4v) is 7.42. The highest BCUT2D eigenvalue weighted by Crippen LogP contribution is 2.43. The molecule has 6 aromatic carbocycles. The Hall–Kier alpha value is -6.10. The Kier molecular flexibility index (Phi) is 7.00. The Morgan fingerprint density at radius 3 is 1.56 bits per heavy atom. The fraction of sp³-hybridized carbons (Fsp3) is 0.174. The van der Waals surface area contributed by atoms with Crippen LogP contribution in [0.4, 0.5) is 0 Å². The van der Waals surface area contributed by atoms with Gasteiger partial charge in [0.05, 0.1) is 45.3 Å². The second-order valence-corrected chi connectivity index (χ2v) is 15.4. The minimum Gasteiger partial charge on any atom is -0.309 e. The molecule has 0 saturated carbocycles. The molecule has 0 bridgehead atoms. The van der Waals surface area contributed by atoms with Gasteiger partial charge in [-0.1, -0.05) is 90.1 Å². The molecule has 8 aromatic rings. The summed E-state index contributed by atoms with van der Waals surface area (Å²) in [4.78, 5) is 0. The van der Waals surface area contributed by atoms with E-state index in [0.29, 0.717) is 11.1 Å². The van der Waals surface area contributed by atoms with Crippen LogP contribution in [0.1, 0.15) is 63.8 Å². The first-order valence-electron chi connectivity index (χ1n) is 17.1. The molecule has 0 spiro atoms. The van der Waals surface area contributed by atoms with Crippen LogP contribution in [0.5, 0.6) is 0 Å². The van der Waals surface area contributed by atoms with Gasteiger partial charge >= 0.3 is 0 Å². The Morgan fingerprint density at radius 1 is 0.460 bits per heavy atom. The molecule has 242 valence electrons. The third-order valence-electron chi connectivity index (χ3n) is 10.0. The van der Waals surface area contributed by atoms with E-state index >= 15 is 0 Å². The zero-order valence-corrected chi connectivity index (χ0v) is 29.3. The Morgan fingerprint density at radius 2 is 1.00 bits per heavy atom. The molecule has 0 fully saturated rings. The monoisotopic (exact) mass is 646 g/mol. The molecule has 2 aromatic heterocycles. The zero-order chi connectivity index (χ0) is 34.9. The maximum absolute atomic E-state index is 10.0. The predicted molar refractivity (Wildman–Crippen MR) is 207 cm³/mol. The Balaban J connectivity index is 1.56. The normalized spacial score (nSPS) is 12.2. The van der Waals surface area contributed by atoms with Gasteiger partial charge in [0.15, 0.2) is 0 Å². The smallest absolute Gasteiger partial charge is 0.0992 e. The van der Waals surface area contributed by atoms with Crippen molar-refractivity contribution in [2.45, 2.75) is 52.4 Å². The van der Waals surface area contributed by atoms with Crippen molar-refractivity contribution in [1.29, 1.82) is 10.5 Å². The molecule has 4 heteroatoms. The molecule has 50 heavy (non-hydrogen) atoms. The van der Waals surface area contributed by atoms with Gasteiger partial charge in [0.1, 0.15) is 0 Å². The largest absolute Gasteiger partial charge is 0.309 e. The molecule has 0 aliphatic carbocycles. The number of hydrogen-bond donors (Lipinski definition) is 0. The molecule has 0 amide bonds. The molecule has 4 nitrogen and oxygen atoms in total. The van der Waals surface area contributed by atoms with Crippen molar-refractivity contribution in [2.75, 3.05) is 0 Å². The highest BCUT2D eigenvalue weighted by Gasteiger charge is 2.23. The van der Waals surface area contributed by atoms with E-state index in [1.807, 2.05) is 18.2 Å². The number of aromatic nitrogens is 2. The maximum Gasteiger partial charge on any atom is 0.0992 e. The summed E-state index contributed by atoms with van der Waals surface area (Å²) < 4.78 is 4.70. The standard InChI is InChI=1S/C46H38N4/c1-45(2,3)32-16-18-42-38(23-32)39-24-33(46(4,5)6)17-19-43(39)49(42)35-25-37(31-21-29(27-47)20-30(22-31)28-48)44-40(26-35)36-14-10-11-15-41(36)50(44)34-12-8-7-9-13-34/h7-26H,1-6H3. The summed E-state index contributed by atoms with van der Waals surface area (Å²) in [5.74, 6) is 0. The third-order valence-corrected chi connectivity index (χ3v) is 10.0. The lowest BCUT2D eigenvalue weighted by atomic mass is 9.85. The third kappa shape index (κ3) is 4.96. The van der Waals surface area contributed by atoms with E-state index in [2.05, 4.69) is 160 Å². The number of fused-ring (bicyclic) bond motifs is 6. The van der Waals surface area contributed by atoms with Crippen LogP contribution < -0.4 is 0 Å². The summed E-state index contributed by atoms with van der Waals surface area (Å²) in [5, 5.41) is 24.7. The molecule has 8 rings (SSSR count). The van der Waals surface area contributed by atoms with E-state index in [9.17, 15) is 10.5 Å². The van der Waals surface area contributed by atoms with Gasteiger partial charge < -0.3 is 9.13 Å². The van der Waals surface area contributed by atoms with Crippen LogP contribution in [0.25, 0.3) is 66.1 Å². The van der Waals surface area contributed by atoms with Gasteiger partial charge in [0.25, 0.3) is 0 Å². The molecule has 0 N–H and O–H groups in total. The van der Waals surface area contributed by atoms with E-state index in [-0.39, 0.29) is 10.8 Å². The van der Waals surface area contributed by atoms with Crippen molar-refractivity contribution < 1.29 is 0 Å². The first-order valence-corrected chi connectivity index (χ1v) is 17.1. The second-order valence-electron chi connectivity index (χ2n) is 15.4. The van der Waals surface area contributed by atoms with Gasteiger partial charge in [-0.3, -0.25) is 0 Å². The average Bonchev–Trinajstić information content (AvgIpc) is 3.62. The summed E-state index contributed by atoms with van der Waals surface area (Å²) in [6.07, 6.45) is 0. The number of hydrogen-bond acceptors (Lipinski definition) is 2. The summed E-state index contributed by atoms with van der Waals surface area (Å²) in [6, 6.07) is 47.4. The topological polar surface area (TPSA) is 57.4 Å². The van der Waals surface area contributed by atoms with Gasteiger partial charge in [0.2, 0.25) is 0 Å². The second kappa shape index (κ2) is 11.2. The molecule has 0 aliphatic heterocycles. The lowest BCUT2D eigenvalue weighted by Gasteiger charge is -2.19. The van der Waals surface area contributed by atoms with Gasteiger partial charge in [-0.2, -0.15) is 10.5 Å². The van der Waals surface area contributed by atoms with Crippen molar-refractivity contribution in [3.8, 4) is 34.6 Å². The number of para-hydroxylation sites is 2. The Bertz CT molecular complexity index is 2630. The lowest BCUT2D eigenvalue weighted by molar-refractivity contribution is 0.590. The van der Waals surface area contributed by atoms with Crippen LogP contribution in [0, 0.1) is 22.7 Å². The number of nitriles is 2. The SMILES string of the molecule is CC(C)(C)c1ccc2c(c1)c1cc(C(C)(C)C)ccc1n2-c1cc(-c2cc(C#N)cc(C#N)c2)c2c(c1)c1ccccc1n2-c1ccccc1. The van der Waals surface area contributed by atoms with Crippen molar-refractivity contribution in [1.82, 2.24) is 9.13 Å². The molecule has 0 aliphatic rings. The lowest BCUT2D eigenvalue weighted by Crippen LogP contribution is -2.10. The highest BCUT2D eigenvalue weighted by molar-refractivity contribution is 6.16. The van der Waals surface area contributed by atoms with E-state index in [4.69, 9.17) is 0 Å². The van der Waals surface area contributed by atoms with E-state index < -0.39 is 0 Å². The number of nitrogens with zero attached hydrogens (tertiary/aromatic N) is 4. The molecule has 0 unspecified atom stereocenters. The van der Waals surface area contributed by atoms with Gasteiger partial charge in [-0.25, -0.2) is 0 Å². The van der Waals surface area contributed by atoms with Crippen LogP contribution >= 0.6 is 0 Å². The summed E-state index contributed by atoms with van der Waals surface area (Å²) >= 11 is 0. The van der Waals surface area contributed by atoms with Crippen molar-refractivity contribution in [3.63, 3.8) is 0 Å². The van der Waals surface area contributed by atoms with Crippen LogP contribution in [0.15, 0.2) is 121 Å². The summed E-state index contributed by atoms with van der Waals surface area (Å²) in [5.41, 5.74) is 11.8. The molecular formula is C46H38N4. The molecule has 0 saturated heterocycles. The van der Waals surface area contributed by atoms with E-state index in [1.165, 1.54) is 21.9 Å². The molecule has 0 atom stereocenters. The van der Waals surface area contributed by atoms with E-state index in [0.717, 1.165) is 55.3 Å². The van der Waals surface area contributed by atoms with Crippen LogP contribution in [-0.2, 0) is 10.8 Å². The summed E-state index contributed by atoms with van der Waals surface area (Å²) in [6.45, 7) is 13.6. The highest BCUT2D eigenvalue weighted by atomic mass is 15.0. The van der Waals surface area contributed by atoms with Gasteiger partial charge in [-0.15, -0.1) is 0 Å². The Labute approximate surface area is 293 Å². The quantitative estimate of drug-likeness (QED) is 0.192. The van der Waals surface area contributed by atoms with E-state index in [1.54, 1.807) is 6.07 Å². The van der Waals surface area contributed by atoms with Crippen molar-refractivity contribution in [2.24, 2.45) is 0 Å². The maximum atomic E-state index is 10.0. The van der Waals surface area contributed by atoms with Gasteiger partial charge in [0, 0.05) is 38.5 Å². The molecule has 2 heterocycles. The summed E-state index contributed by atoms with van der Waals surface area (Å²) in [7, 11) is 0. The van der Waals surface area contributed by atoms with Crippen molar-refractivity contribution in [3.05, 3.63) is 144 Å². The molecule has 0 radical (unpaired) electrons.